The minimum Gasteiger partial charge on any atom is -0.314 e. The van der Waals surface area contributed by atoms with Gasteiger partial charge in [0, 0.05) is 12.1 Å². The van der Waals surface area contributed by atoms with Crippen LogP contribution in [-0.4, -0.2) is 43.5 Å². The van der Waals surface area contributed by atoms with Gasteiger partial charge < -0.3 is 5.32 Å². The van der Waals surface area contributed by atoms with Gasteiger partial charge in [-0.2, -0.15) is 0 Å². The van der Waals surface area contributed by atoms with Crippen LogP contribution in [0.25, 0.3) is 0 Å². The molecular weight excluding hydrogens is 198 g/mol. The summed E-state index contributed by atoms with van der Waals surface area (Å²) in [5.74, 6) is 0. The maximum absolute atomic E-state index is 12.2. The van der Waals surface area contributed by atoms with E-state index in [0.29, 0.717) is 12.1 Å². The van der Waals surface area contributed by atoms with E-state index < -0.39 is 6.43 Å². The van der Waals surface area contributed by atoms with E-state index in [4.69, 9.17) is 0 Å². The van der Waals surface area contributed by atoms with Gasteiger partial charge in [0.2, 0.25) is 0 Å². The summed E-state index contributed by atoms with van der Waals surface area (Å²) in [5, 5.41) is 3.42. The first-order valence-electron chi connectivity index (χ1n) is 5.85. The van der Waals surface area contributed by atoms with Crippen molar-refractivity contribution in [2.75, 3.05) is 20.1 Å². The van der Waals surface area contributed by atoms with Gasteiger partial charge in [0.15, 0.2) is 0 Å². The zero-order valence-electron chi connectivity index (χ0n) is 9.68. The molecule has 2 nitrogen and oxygen atoms in total. The predicted molar refractivity (Wildman–Crippen MR) is 58.4 cm³/mol. The highest BCUT2D eigenvalue weighted by Crippen LogP contribution is 2.22. The van der Waals surface area contributed by atoms with Crippen molar-refractivity contribution >= 4 is 0 Å². The molecule has 0 atom stereocenters. The van der Waals surface area contributed by atoms with E-state index in [2.05, 4.69) is 12.2 Å². The Morgan fingerprint density at radius 1 is 1.27 bits per heavy atom. The fourth-order valence-corrected chi connectivity index (χ4v) is 2.38. The monoisotopic (exact) mass is 220 g/mol. The van der Waals surface area contributed by atoms with E-state index >= 15 is 0 Å². The van der Waals surface area contributed by atoms with Crippen molar-refractivity contribution < 1.29 is 8.78 Å². The van der Waals surface area contributed by atoms with Gasteiger partial charge in [-0.05, 0) is 39.3 Å². The van der Waals surface area contributed by atoms with Crippen LogP contribution in [0.5, 0.6) is 0 Å². The molecule has 1 fully saturated rings. The molecule has 1 aliphatic rings. The number of alkyl halides is 2. The Balaban J connectivity index is 2.24. The van der Waals surface area contributed by atoms with Crippen molar-refractivity contribution in [2.24, 2.45) is 0 Å². The van der Waals surface area contributed by atoms with Gasteiger partial charge in [-0.15, -0.1) is 0 Å². The Kier molecular flexibility index (Phi) is 5.47. The standard InChI is InChI=1S/C11H22F2N2/c1-3-14-9-4-6-10(7-5-9)15(2)8-11(12)13/h9-11,14H,3-8H2,1-2H3. The molecule has 0 unspecified atom stereocenters. The van der Waals surface area contributed by atoms with E-state index in [0.717, 1.165) is 32.2 Å². The topological polar surface area (TPSA) is 15.3 Å². The van der Waals surface area contributed by atoms with Crippen molar-refractivity contribution in [3.05, 3.63) is 0 Å². The molecule has 0 aromatic carbocycles. The van der Waals surface area contributed by atoms with Crippen LogP contribution < -0.4 is 5.32 Å². The van der Waals surface area contributed by atoms with Crippen molar-refractivity contribution in [2.45, 2.75) is 51.1 Å². The quantitative estimate of drug-likeness (QED) is 0.763. The Bertz CT molecular complexity index is 168. The highest BCUT2D eigenvalue weighted by molar-refractivity contribution is 4.81. The lowest BCUT2D eigenvalue weighted by Gasteiger charge is -2.34. The molecule has 0 heterocycles. The van der Waals surface area contributed by atoms with E-state index in [1.807, 2.05) is 11.9 Å². The highest BCUT2D eigenvalue weighted by Gasteiger charge is 2.24. The molecule has 15 heavy (non-hydrogen) atoms. The predicted octanol–water partition coefficient (Wildman–Crippen LogP) is 2.10. The van der Waals surface area contributed by atoms with Crippen LogP contribution in [0.3, 0.4) is 0 Å². The number of nitrogens with zero attached hydrogens (tertiary/aromatic N) is 1. The number of rotatable bonds is 5. The molecule has 0 bridgehead atoms. The van der Waals surface area contributed by atoms with Crippen LogP contribution in [0.4, 0.5) is 8.78 Å². The molecule has 1 rings (SSSR count). The van der Waals surface area contributed by atoms with E-state index in [-0.39, 0.29) is 6.54 Å². The first-order chi connectivity index (χ1) is 7.13. The molecule has 90 valence electrons. The first kappa shape index (κ1) is 12.8. The summed E-state index contributed by atoms with van der Waals surface area (Å²) in [6, 6.07) is 0.958. The first-order valence-corrected chi connectivity index (χ1v) is 5.85. The summed E-state index contributed by atoms with van der Waals surface area (Å²) < 4.78 is 24.4. The van der Waals surface area contributed by atoms with Crippen LogP contribution in [-0.2, 0) is 0 Å². The van der Waals surface area contributed by atoms with Crippen LogP contribution in [0, 0.1) is 0 Å². The van der Waals surface area contributed by atoms with E-state index in [9.17, 15) is 8.78 Å². The van der Waals surface area contributed by atoms with Crippen molar-refractivity contribution in [1.29, 1.82) is 0 Å². The minimum atomic E-state index is -2.21. The summed E-state index contributed by atoms with van der Waals surface area (Å²) in [6.45, 7) is 3.02. The van der Waals surface area contributed by atoms with Gasteiger partial charge in [0.25, 0.3) is 6.43 Å². The summed E-state index contributed by atoms with van der Waals surface area (Å²) in [4.78, 5) is 1.81. The SMILES string of the molecule is CCNC1CCC(N(C)CC(F)F)CC1. The van der Waals surface area contributed by atoms with Crippen molar-refractivity contribution in [3.8, 4) is 0 Å². The van der Waals surface area contributed by atoms with Gasteiger partial charge in [0.1, 0.15) is 0 Å². The number of nitrogens with one attached hydrogen (secondary N) is 1. The second kappa shape index (κ2) is 6.38. The molecule has 1 saturated carbocycles. The summed E-state index contributed by atoms with van der Waals surface area (Å²) >= 11 is 0. The van der Waals surface area contributed by atoms with Crippen LogP contribution in [0.2, 0.25) is 0 Å². The summed E-state index contributed by atoms with van der Waals surface area (Å²) in [5.41, 5.74) is 0. The molecular formula is C11H22F2N2. The van der Waals surface area contributed by atoms with Gasteiger partial charge in [-0.25, -0.2) is 8.78 Å². The normalized spacial score (nSPS) is 27.6. The van der Waals surface area contributed by atoms with Gasteiger partial charge in [0.05, 0.1) is 6.54 Å². The van der Waals surface area contributed by atoms with Crippen LogP contribution >= 0.6 is 0 Å². The van der Waals surface area contributed by atoms with Crippen molar-refractivity contribution in [1.82, 2.24) is 10.2 Å². The molecule has 0 aromatic rings. The van der Waals surface area contributed by atoms with Gasteiger partial charge in [-0.3, -0.25) is 4.90 Å². The zero-order valence-corrected chi connectivity index (χ0v) is 9.68. The number of halogens is 2. The third kappa shape index (κ3) is 4.43. The lowest BCUT2D eigenvalue weighted by molar-refractivity contribution is 0.0677. The number of hydrogen-bond acceptors (Lipinski definition) is 2. The molecule has 0 saturated heterocycles. The molecule has 4 heteroatoms. The lowest BCUT2D eigenvalue weighted by Crippen LogP contribution is -2.42. The fraction of sp³-hybridized carbons (Fsp3) is 1.00. The highest BCUT2D eigenvalue weighted by atomic mass is 19.3. The molecule has 1 N–H and O–H groups in total. The Morgan fingerprint density at radius 3 is 2.33 bits per heavy atom. The van der Waals surface area contributed by atoms with Crippen molar-refractivity contribution in [3.63, 3.8) is 0 Å². The molecule has 0 aliphatic heterocycles. The Hall–Kier alpha value is -0.220. The van der Waals surface area contributed by atoms with Gasteiger partial charge >= 0.3 is 0 Å². The molecule has 0 radical (unpaired) electrons. The molecule has 1 aliphatic carbocycles. The van der Waals surface area contributed by atoms with E-state index in [1.54, 1.807) is 0 Å². The summed E-state index contributed by atoms with van der Waals surface area (Å²) in [6.07, 6.45) is 2.11. The summed E-state index contributed by atoms with van der Waals surface area (Å²) in [7, 11) is 1.81. The average Bonchev–Trinajstić information content (AvgIpc) is 2.18. The molecule has 0 amide bonds. The second-order valence-electron chi connectivity index (χ2n) is 4.39. The Morgan fingerprint density at radius 2 is 1.87 bits per heavy atom. The smallest absolute Gasteiger partial charge is 0.251 e. The third-order valence-corrected chi connectivity index (χ3v) is 3.24. The lowest BCUT2D eigenvalue weighted by atomic mass is 9.90. The second-order valence-corrected chi connectivity index (χ2v) is 4.39. The molecule has 0 aromatic heterocycles. The number of hydrogen-bond donors (Lipinski definition) is 1. The molecule has 0 spiro atoms. The van der Waals surface area contributed by atoms with Crippen LogP contribution in [0.1, 0.15) is 32.6 Å². The largest absolute Gasteiger partial charge is 0.314 e. The Labute approximate surface area is 91.0 Å². The fourth-order valence-electron chi connectivity index (χ4n) is 2.38. The maximum Gasteiger partial charge on any atom is 0.251 e. The third-order valence-electron chi connectivity index (χ3n) is 3.24. The zero-order chi connectivity index (χ0) is 11.3. The maximum atomic E-state index is 12.2. The van der Waals surface area contributed by atoms with Crippen LogP contribution in [0.15, 0.2) is 0 Å². The van der Waals surface area contributed by atoms with Gasteiger partial charge in [-0.1, -0.05) is 6.92 Å². The minimum absolute atomic E-state index is 0.0868. The average molecular weight is 220 g/mol. The van der Waals surface area contributed by atoms with E-state index in [1.165, 1.54) is 0 Å².